The average molecular weight is 575 g/mol. The molecule has 2 bridgehead atoms. The molecule has 5 rings (SSSR count). The lowest BCUT2D eigenvalue weighted by atomic mass is 9.68. The highest BCUT2D eigenvalue weighted by Gasteiger charge is 2.38. The van der Waals surface area contributed by atoms with Crippen molar-refractivity contribution in [2.24, 2.45) is 17.8 Å². The van der Waals surface area contributed by atoms with Gasteiger partial charge < -0.3 is 14.7 Å². The molecule has 2 heterocycles. The molecule has 1 saturated carbocycles. The normalized spacial score (nSPS) is 28.0. The van der Waals surface area contributed by atoms with Crippen molar-refractivity contribution < 1.29 is 23.1 Å². The summed E-state index contributed by atoms with van der Waals surface area (Å²) in [5.41, 5.74) is 3.34. The summed E-state index contributed by atoms with van der Waals surface area (Å²) in [4.78, 5) is 15.4. The lowest BCUT2D eigenvalue weighted by Gasteiger charge is -2.44. The maximum Gasteiger partial charge on any atom is 0.264 e. The minimum Gasteiger partial charge on any atom is -0.487 e. The number of fused-ring (bicyclic) bond motifs is 3. The molecule has 0 spiro atoms. The third kappa shape index (κ3) is 6.90. The first-order valence-electron chi connectivity index (χ1n) is 14.2. The first-order chi connectivity index (χ1) is 18.7. The van der Waals surface area contributed by atoms with E-state index in [1.165, 1.54) is 5.56 Å². The van der Waals surface area contributed by atoms with Gasteiger partial charge in [-0.3, -0.25) is 4.79 Å². The maximum absolute atomic E-state index is 13.1. The predicted octanol–water partition coefficient (Wildman–Crippen LogP) is 5.33. The number of aliphatic hydroxyl groups excluding tert-OH is 1. The second-order valence-corrected chi connectivity index (χ2v) is 13.9. The highest BCUT2D eigenvalue weighted by Crippen LogP contribution is 2.42. The number of sulfonamides is 1. The molecule has 2 aliphatic heterocycles. The van der Waals surface area contributed by atoms with Crippen LogP contribution in [0.3, 0.4) is 0 Å². The Labute approximate surface area is 236 Å². The fourth-order valence-electron chi connectivity index (χ4n) is 6.27. The number of hydrogen-bond acceptors (Lipinski definition) is 6. The Morgan fingerprint density at radius 2 is 1.90 bits per heavy atom. The van der Waals surface area contributed by atoms with E-state index >= 15 is 0 Å². The van der Waals surface area contributed by atoms with E-state index in [0.717, 1.165) is 56.4 Å². The van der Waals surface area contributed by atoms with E-state index in [0.29, 0.717) is 48.1 Å². The highest BCUT2D eigenvalue weighted by molar-refractivity contribution is 7.90. The number of anilines is 1. The van der Waals surface area contributed by atoms with Crippen LogP contribution in [-0.2, 0) is 23.1 Å². The molecule has 4 atom stereocenters. The van der Waals surface area contributed by atoms with E-state index in [-0.39, 0.29) is 17.6 Å². The van der Waals surface area contributed by atoms with Crippen LogP contribution in [0.4, 0.5) is 5.69 Å². The molecule has 0 aromatic heterocycles. The van der Waals surface area contributed by atoms with Crippen molar-refractivity contribution in [2.45, 2.75) is 71.0 Å². The van der Waals surface area contributed by atoms with Crippen LogP contribution >= 0.6 is 11.6 Å². The van der Waals surface area contributed by atoms with E-state index in [1.807, 2.05) is 18.2 Å². The molecular weight excluding hydrogens is 536 g/mol. The molecule has 1 aliphatic carbocycles. The van der Waals surface area contributed by atoms with Gasteiger partial charge in [-0.25, -0.2) is 13.1 Å². The molecule has 3 aliphatic rings. The number of hydrogen-bond donors (Lipinski definition) is 2. The Morgan fingerprint density at radius 3 is 2.69 bits per heavy atom. The van der Waals surface area contributed by atoms with Gasteiger partial charge >= 0.3 is 0 Å². The third-order valence-corrected chi connectivity index (χ3v) is 10.2. The number of ether oxygens (including phenoxy) is 1. The summed E-state index contributed by atoms with van der Waals surface area (Å²) in [5, 5.41) is 11.8. The topological polar surface area (TPSA) is 95.9 Å². The fourth-order valence-corrected chi connectivity index (χ4v) is 7.51. The number of nitrogens with one attached hydrogen (secondary N) is 1. The van der Waals surface area contributed by atoms with Gasteiger partial charge in [-0.1, -0.05) is 24.6 Å². The summed E-state index contributed by atoms with van der Waals surface area (Å²) in [6, 6.07) is 11.1. The molecule has 2 aromatic carbocycles. The number of carbonyl (C=O) groups excluding carboxylic acids is 1. The van der Waals surface area contributed by atoms with Gasteiger partial charge in [0, 0.05) is 23.7 Å². The number of benzene rings is 2. The average Bonchev–Trinajstić information content (AvgIpc) is 2.88. The molecule has 7 nitrogen and oxygen atoms in total. The molecule has 2 N–H and O–H groups in total. The molecule has 0 unspecified atom stereocenters. The first kappa shape index (κ1) is 28.2. The Kier molecular flexibility index (Phi) is 8.74. The Balaban J connectivity index is 1.51. The summed E-state index contributed by atoms with van der Waals surface area (Å²) in [6.07, 6.45) is 6.29. The van der Waals surface area contributed by atoms with Crippen LogP contribution in [0.2, 0.25) is 5.02 Å². The van der Waals surface area contributed by atoms with E-state index in [1.54, 1.807) is 18.2 Å². The second-order valence-electron chi connectivity index (χ2n) is 11.6. The van der Waals surface area contributed by atoms with Gasteiger partial charge in [0.15, 0.2) is 0 Å². The summed E-state index contributed by atoms with van der Waals surface area (Å²) in [5.74, 6) is 0.707. The van der Waals surface area contributed by atoms with Crippen molar-refractivity contribution in [3.8, 4) is 5.75 Å². The molecular formula is C30H39ClN2O5S. The van der Waals surface area contributed by atoms with Gasteiger partial charge in [0.05, 0.1) is 17.5 Å². The monoisotopic (exact) mass is 574 g/mol. The van der Waals surface area contributed by atoms with Gasteiger partial charge in [0.25, 0.3) is 5.91 Å². The number of rotatable bonds is 0. The first-order valence-corrected chi connectivity index (χ1v) is 16.2. The van der Waals surface area contributed by atoms with Crippen molar-refractivity contribution in [1.82, 2.24) is 4.72 Å². The molecule has 0 saturated heterocycles. The van der Waals surface area contributed by atoms with Gasteiger partial charge in [-0.2, -0.15) is 0 Å². The van der Waals surface area contributed by atoms with Crippen LogP contribution in [0.15, 0.2) is 36.4 Å². The zero-order chi connectivity index (χ0) is 27.6. The van der Waals surface area contributed by atoms with Crippen molar-refractivity contribution in [3.05, 3.63) is 58.1 Å². The second kappa shape index (κ2) is 12.1. The zero-order valence-electron chi connectivity index (χ0n) is 22.6. The van der Waals surface area contributed by atoms with Crippen molar-refractivity contribution in [2.75, 3.05) is 23.7 Å². The highest BCUT2D eigenvalue weighted by atomic mass is 35.5. The van der Waals surface area contributed by atoms with E-state index in [2.05, 4.69) is 16.5 Å². The lowest BCUT2D eigenvalue weighted by molar-refractivity contribution is 0.00167. The molecule has 39 heavy (non-hydrogen) atoms. The lowest BCUT2D eigenvalue weighted by Crippen LogP contribution is -2.44. The number of nitrogens with zero attached hydrogens (tertiary/aromatic N) is 1. The Morgan fingerprint density at radius 1 is 1.05 bits per heavy atom. The van der Waals surface area contributed by atoms with Crippen LogP contribution in [-0.4, -0.2) is 44.4 Å². The smallest absolute Gasteiger partial charge is 0.264 e. The summed E-state index contributed by atoms with van der Waals surface area (Å²) < 4.78 is 34.0. The van der Waals surface area contributed by atoms with Gasteiger partial charge in [-0.05, 0) is 111 Å². The number of amides is 1. The summed E-state index contributed by atoms with van der Waals surface area (Å²) in [7, 11) is -3.77. The minimum absolute atomic E-state index is 0.116. The van der Waals surface area contributed by atoms with E-state index in [9.17, 15) is 18.3 Å². The molecule has 212 valence electrons. The standard InChI is InChI=1S/C30H39ClN2O5S/c1-20-5-4-14-39(36,37)32-30(35)22-9-12-29-27(17-22)33(18-23-8-11-26(23)28(34)15-20)13-3-2-6-21-16-25(31)10-7-24(21)19-38-29/h7,9-10,12,16-17,20,23,26,28,34H,2-6,8,11,13-15,18-19H2,1H3,(H,32,35)/t20-,23+,26-,28-/m1/s1. The largest absolute Gasteiger partial charge is 0.487 e. The van der Waals surface area contributed by atoms with Crippen LogP contribution in [0, 0.1) is 17.8 Å². The molecule has 0 radical (unpaired) electrons. The van der Waals surface area contributed by atoms with Crippen LogP contribution in [0.25, 0.3) is 0 Å². The van der Waals surface area contributed by atoms with E-state index < -0.39 is 22.0 Å². The maximum atomic E-state index is 13.1. The van der Waals surface area contributed by atoms with E-state index in [4.69, 9.17) is 16.3 Å². The number of halogens is 1. The quantitative estimate of drug-likeness (QED) is 0.442. The molecule has 2 aromatic rings. The Bertz CT molecular complexity index is 1300. The van der Waals surface area contributed by atoms with Gasteiger partial charge in [0.2, 0.25) is 10.0 Å². The van der Waals surface area contributed by atoms with Gasteiger partial charge in [-0.15, -0.1) is 0 Å². The van der Waals surface area contributed by atoms with Gasteiger partial charge in [0.1, 0.15) is 12.4 Å². The number of carbonyl (C=O) groups is 1. The molecule has 1 amide bonds. The van der Waals surface area contributed by atoms with Crippen LogP contribution < -0.4 is 14.4 Å². The summed E-state index contributed by atoms with van der Waals surface area (Å²) in [6.45, 7) is 3.97. The SMILES string of the molecule is C[C@@H]1CCCS(=O)(=O)NC(=O)c2ccc3c(c2)N(CCCCc2cc(Cl)ccc2CO3)C[C@@H]2CC[C@H]2[C@H](O)C1. The number of aliphatic hydroxyl groups is 1. The van der Waals surface area contributed by atoms with Crippen LogP contribution in [0.1, 0.15) is 73.4 Å². The number of aryl methyl sites for hydroxylation is 1. The Hall–Kier alpha value is -2.29. The zero-order valence-corrected chi connectivity index (χ0v) is 24.1. The minimum atomic E-state index is -3.77. The van der Waals surface area contributed by atoms with Crippen molar-refractivity contribution in [1.29, 1.82) is 0 Å². The van der Waals surface area contributed by atoms with Crippen molar-refractivity contribution in [3.63, 3.8) is 0 Å². The summed E-state index contributed by atoms with van der Waals surface area (Å²) >= 11 is 6.29. The molecule has 1 fully saturated rings. The molecule has 9 heteroatoms. The van der Waals surface area contributed by atoms with Crippen molar-refractivity contribution >= 4 is 33.2 Å². The third-order valence-electron chi connectivity index (χ3n) is 8.66. The fraction of sp³-hybridized carbons (Fsp3) is 0.567. The predicted molar refractivity (Wildman–Crippen MR) is 154 cm³/mol. The van der Waals surface area contributed by atoms with Crippen LogP contribution in [0.5, 0.6) is 5.75 Å².